The van der Waals surface area contributed by atoms with Crippen molar-refractivity contribution in [2.24, 2.45) is 0 Å². The highest BCUT2D eigenvalue weighted by Gasteiger charge is 2.34. The number of amides is 1. The minimum atomic E-state index is -1.80. The molecule has 128 valence electrons. The first-order chi connectivity index (χ1) is 10.7. The van der Waals surface area contributed by atoms with E-state index < -0.39 is 9.96 Å². The third-order valence-corrected chi connectivity index (χ3v) is 3.48. The van der Waals surface area contributed by atoms with Gasteiger partial charge in [0.15, 0.2) is 5.11 Å². The molecular formula is C13H16Cl3N3O3S. The van der Waals surface area contributed by atoms with E-state index in [2.05, 4.69) is 16.0 Å². The van der Waals surface area contributed by atoms with Crippen LogP contribution in [0.2, 0.25) is 0 Å². The first kappa shape index (κ1) is 19.9. The molecule has 0 aromatic heterocycles. The zero-order chi connectivity index (χ0) is 17.6. The molecule has 10 heteroatoms. The van der Waals surface area contributed by atoms with Crippen LogP contribution < -0.4 is 25.4 Å². The van der Waals surface area contributed by atoms with Gasteiger partial charge in [-0.15, -0.1) is 0 Å². The van der Waals surface area contributed by atoms with Crippen LogP contribution in [-0.4, -0.2) is 35.2 Å². The summed E-state index contributed by atoms with van der Waals surface area (Å²) in [6, 6.07) is 5.14. The van der Waals surface area contributed by atoms with E-state index in [1.165, 1.54) is 21.1 Å². The van der Waals surface area contributed by atoms with E-state index >= 15 is 0 Å². The van der Waals surface area contributed by atoms with Crippen LogP contribution in [0, 0.1) is 0 Å². The van der Waals surface area contributed by atoms with Gasteiger partial charge in [-0.3, -0.25) is 4.79 Å². The summed E-state index contributed by atoms with van der Waals surface area (Å²) in [6.07, 6.45) is -1.01. The van der Waals surface area contributed by atoms with Gasteiger partial charge in [0, 0.05) is 13.0 Å². The Morgan fingerprint density at radius 2 is 1.87 bits per heavy atom. The Morgan fingerprint density at radius 1 is 1.22 bits per heavy atom. The smallest absolute Gasteiger partial charge is 0.228 e. The molecule has 23 heavy (non-hydrogen) atoms. The molecule has 0 spiro atoms. The Balaban J connectivity index is 2.87. The lowest BCUT2D eigenvalue weighted by Gasteiger charge is -2.27. The van der Waals surface area contributed by atoms with Crippen LogP contribution in [0.5, 0.6) is 11.5 Å². The van der Waals surface area contributed by atoms with Crippen LogP contribution in [0.3, 0.4) is 0 Å². The molecule has 1 amide bonds. The first-order valence-corrected chi connectivity index (χ1v) is 7.85. The third-order valence-electron chi connectivity index (χ3n) is 2.61. The van der Waals surface area contributed by atoms with Crippen LogP contribution >= 0.6 is 47.0 Å². The molecule has 0 saturated carbocycles. The van der Waals surface area contributed by atoms with Crippen LogP contribution in [-0.2, 0) is 4.79 Å². The fraction of sp³-hybridized carbons (Fsp3) is 0.385. The molecule has 0 aliphatic heterocycles. The summed E-state index contributed by atoms with van der Waals surface area (Å²) in [6.45, 7) is 1.30. The first-order valence-electron chi connectivity index (χ1n) is 6.30. The Labute approximate surface area is 154 Å². The van der Waals surface area contributed by atoms with E-state index in [4.69, 9.17) is 56.5 Å². The number of carbonyl (C=O) groups is 1. The molecule has 0 heterocycles. The largest absolute Gasteiger partial charge is 0.497 e. The second-order valence-electron chi connectivity index (χ2n) is 4.34. The Hall–Kier alpha value is -1.15. The van der Waals surface area contributed by atoms with Crippen molar-refractivity contribution in [1.29, 1.82) is 0 Å². The average Bonchev–Trinajstić information content (AvgIpc) is 2.45. The van der Waals surface area contributed by atoms with Gasteiger partial charge in [0.25, 0.3) is 0 Å². The summed E-state index contributed by atoms with van der Waals surface area (Å²) in [5.74, 6) is 0.770. The average molecular weight is 401 g/mol. The van der Waals surface area contributed by atoms with Crippen molar-refractivity contribution >= 4 is 63.7 Å². The quantitative estimate of drug-likeness (QED) is 0.401. The van der Waals surface area contributed by atoms with Crippen molar-refractivity contribution in [3.05, 3.63) is 18.2 Å². The molecular weight excluding hydrogens is 385 g/mol. The zero-order valence-electron chi connectivity index (χ0n) is 12.6. The fourth-order valence-electron chi connectivity index (χ4n) is 1.60. The number of hydrogen-bond donors (Lipinski definition) is 3. The van der Waals surface area contributed by atoms with Gasteiger partial charge in [0.05, 0.1) is 19.9 Å². The maximum absolute atomic E-state index is 11.2. The number of anilines is 1. The van der Waals surface area contributed by atoms with Crippen LogP contribution in [0.1, 0.15) is 6.92 Å². The van der Waals surface area contributed by atoms with E-state index in [0.29, 0.717) is 17.2 Å². The Morgan fingerprint density at radius 3 is 2.35 bits per heavy atom. The van der Waals surface area contributed by atoms with Gasteiger partial charge in [-0.2, -0.15) is 0 Å². The van der Waals surface area contributed by atoms with Crippen molar-refractivity contribution in [3.63, 3.8) is 0 Å². The molecule has 6 nitrogen and oxygen atoms in total. The lowest BCUT2D eigenvalue weighted by atomic mass is 10.2. The molecule has 1 aromatic carbocycles. The molecule has 0 aliphatic carbocycles. The van der Waals surface area contributed by atoms with E-state index in [1.807, 2.05) is 0 Å². The molecule has 1 aromatic rings. The summed E-state index contributed by atoms with van der Waals surface area (Å²) in [5, 5.41) is 8.21. The van der Waals surface area contributed by atoms with Crippen LogP contribution in [0.4, 0.5) is 5.69 Å². The molecule has 3 N–H and O–H groups in total. The summed E-state index contributed by atoms with van der Waals surface area (Å²) in [4.78, 5) is 11.2. The van der Waals surface area contributed by atoms with Crippen LogP contribution in [0.25, 0.3) is 0 Å². The third kappa shape index (κ3) is 6.47. The number of halogens is 3. The lowest BCUT2D eigenvalue weighted by Crippen LogP contribution is -2.55. The number of nitrogens with one attached hydrogen (secondary N) is 3. The monoisotopic (exact) mass is 399 g/mol. The zero-order valence-corrected chi connectivity index (χ0v) is 15.7. The summed E-state index contributed by atoms with van der Waals surface area (Å²) in [7, 11) is 3.06. The normalized spacial score (nSPS) is 12.1. The number of benzene rings is 1. The van der Waals surface area contributed by atoms with Crippen molar-refractivity contribution < 1.29 is 14.3 Å². The van der Waals surface area contributed by atoms with E-state index in [0.717, 1.165) is 0 Å². The Kier molecular flexibility index (Phi) is 7.47. The molecule has 0 bridgehead atoms. The maximum Gasteiger partial charge on any atom is 0.228 e. The van der Waals surface area contributed by atoms with E-state index in [-0.39, 0.29) is 11.0 Å². The van der Waals surface area contributed by atoms with Gasteiger partial charge in [-0.1, -0.05) is 34.8 Å². The SMILES string of the molecule is COc1ccc(OC)c(NC(=S)N[C@@H](NC(C)=O)C(Cl)(Cl)Cl)c1. The second kappa shape index (κ2) is 8.63. The molecule has 0 saturated heterocycles. The van der Waals surface area contributed by atoms with Gasteiger partial charge in [0.2, 0.25) is 9.70 Å². The number of methoxy groups -OCH3 is 2. The molecule has 1 atom stereocenters. The highest BCUT2D eigenvalue weighted by Crippen LogP contribution is 2.30. The van der Waals surface area contributed by atoms with E-state index in [1.54, 1.807) is 18.2 Å². The number of alkyl halides is 3. The minimum absolute atomic E-state index is 0.127. The molecule has 0 radical (unpaired) electrons. The number of thiocarbonyl (C=S) groups is 1. The van der Waals surface area contributed by atoms with Gasteiger partial charge in [0.1, 0.15) is 17.7 Å². The van der Waals surface area contributed by atoms with Gasteiger partial charge >= 0.3 is 0 Å². The van der Waals surface area contributed by atoms with Gasteiger partial charge < -0.3 is 25.4 Å². The lowest BCUT2D eigenvalue weighted by molar-refractivity contribution is -0.119. The summed E-state index contributed by atoms with van der Waals surface area (Å²) >= 11 is 22.6. The number of ether oxygens (including phenoxy) is 2. The molecule has 1 rings (SSSR count). The van der Waals surface area contributed by atoms with Crippen molar-refractivity contribution in [2.45, 2.75) is 16.9 Å². The molecule has 0 aliphatic rings. The van der Waals surface area contributed by atoms with E-state index in [9.17, 15) is 4.79 Å². The van der Waals surface area contributed by atoms with Gasteiger partial charge in [-0.25, -0.2) is 0 Å². The van der Waals surface area contributed by atoms with Crippen molar-refractivity contribution in [2.75, 3.05) is 19.5 Å². The fourth-order valence-corrected chi connectivity index (χ4v) is 2.16. The minimum Gasteiger partial charge on any atom is -0.497 e. The molecule has 0 fully saturated rings. The predicted octanol–water partition coefficient (Wildman–Crippen LogP) is 2.82. The predicted molar refractivity (Wildman–Crippen MR) is 96.8 cm³/mol. The van der Waals surface area contributed by atoms with Gasteiger partial charge in [-0.05, 0) is 24.4 Å². The topological polar surface area (TPSA) is 71.6 Å². The second-order valence-corrected chi connectivity index (χ2v) is 7.12. The Bertz CT molecular complexity index is 581. The highest BCUT2D eigenvalue weighted by atomic mass is 35.6. The standard InChI is InChI=1S/C13H16Cl3N3O3S/c1-7(20)17-11(13(14,15)16)19-12(23)18-9-6-8(21-2)4-5-10(9)22-3/h4-6,11H,1-3H3,(H,17,20)(H2,18,19,23)/t11-/m1/s1. The number of rotatable bonds is 5. The van der Waals surface area contributed by atoms with Crippen LogP contribution in [0.15, 0.2) is 18.2 Å². The molecule has 0 unspecified atom stereocenters. The summed E-state index contributed by atoms with van der Waals surface area (Å²) < 4.78 is 8.58. The summed E-state index contributed by atoms with van der Waals surface area (Å²) in [5.41, 5.74) is 0.551. The highest BCUT2D eigenvalue weighted by molar-refractivity contribution is 7.80. The maximum atomic E-state index is 11.2. The van der Waals surface area contributed by atoms with Crippen molar-refractivity contribution in [3.8, 4) is 11.5 Å². The number of carbonyl (C=O) groups excluding carboxylic acids is 1. The van der Waals surface area contributed by atoms with Crippen molar-refractivity contribution in [1.82, 2.24) is 10.6 Å². The number of hydrogen-bond acceptors (Lipinski definition) is 4.